The van der Waals surface area contributed by atoms with E-state index in [4.69, 9.17) is 4.74 Å². The molecule has 2 aromatic carbocycles. The molecule has 0 spiro atoms. The van der Waals surface area contributed by atoms with E-state index in [0.29, 0.717) is 49.6 Å². The number of benzene rings is 2. The molecular formula is C26H27BrN4O3. The van der Waals surface area contributed by atoms with Gasteiger partial charge in [-0.15, -0.1) is 0 Å². The zero-order valence-corrected chi connectivity index (χ0v) is 20.6. The van der Waals surface area contributed by atoms with Gasteiger partial charge in [-0.05, 0) is 58.2 Å². The number of nitrogens with one attached hydrogen (secondary N) is 1. The predicted octanol–water partition coefficient (Wildman–Crippen LogP) is 3.79. The number of rotatable bonds is 7. The first kappa shape index (κ1) is 23.8. The topological polar surface area (TPSA) is 74.8 Å². The Labute approximate surface area is 207 Å². The first-order valence-electron chi connectivity index (χ1n) is 11.2. The molecule has 34 heavy (non-hydrogen) atoms. The summed E-state index contributed by atoms with van der Waals surface area (Å²) < 4.78 is 6.00. The Balaban J connectivity index is 1.29. The number of pyridine rings is 1. The summed E-state index contributed by atoms with van der Waals surface area (Å²) in [6.07, 6.45) is 2.39. The summed E-state index contributed by atoms with van der Waals surface area (Å²) in [5.41, 5.74) is 2.31. The Bertz CT molecular complexity index is 1130. The molecule has 1 N–H and O–H groups in total. The van der Waals surface area contributed by atoms with Crippen molar-refractivity contribution >= 4 is 33.6 Å². The van der Waals surface area contributed by atoms with E-state index >= 15 is 0 Å². The molecule has 1 aliphatic heterocycles. The number of piperazine rings is 1. The number of hydrogen-bond acceptors (Lipinski definition) is 5. The van der Waals surface area contributed by atoms with E-state index < -0.39 is 0 Å². The smallest absolute Gasteiger partial charge is 0.255 e. The fourth-order valence-electron chi connectivity index (χ4n) is 3.88. The lowest BCUT2D eigenvalue weighted by molar-refractivity contribution is 0.0745. The molecule has 0 atom stereocenters. The molecule has 0 radical (unpaired) electrons. The van der Waals surface area contributed by atoms with Gasteiger partial charge >= 0.3 is 0 Å². The van der Waals surface area contributed by atoms with Crippen LogP contribution in [0.15, 0.2) is 71.3 Å². The Kier molecular flexibility index (Phi) is 7.80. The molecule has 176 valence electrons. The van der Waals surface area contributed by atoms with Gasteiger partial charge in [0.1, 0.15) is 11.6 Å². The largest absolute Gasteiger partial charge is 0.497 e. The average molecular weight is 523 g/mol. The number of halogens is 1. The van der Waals surface area contributed by atoms with Crippen molar-refractivity contribution in [2.45, 2.75) is 6.42 Å². The van der Waals surface area contributed by atoms with Crippen LogP contribution in [0.4, 0.5) is 5.82 Å². The number of hydrogen-bond donors (Lipinski definition) is 1. The molecule has 0 aliphatic carbocycles. The molecule has 2 heterocycles. The summed E-state index contributed by atoms with van der Waals surface area (Å²) in [4.78, 5) is 33.9. The summed E-state index contributed by atoms with van der Waals surface area (Å²) in [6.45, 7) is 3.09. The molecule has 0 saturated carbocycles. The second kappa shape index (κ2) is 11.2. The number of methoxy groups -OCH3 is 1. The number of aromatic nitrogens is 1. The highest BCUT2D eigenvalue weighted by Gasteiger charge is 2.24. The monoisotopic (exact) mass is 522 g/mol. The second-order valence-corrected chi connectivity index (χ2v) is 8.88. The molecule has 0 unspecified atom stereocenters. The highest BCUT2D eigenvalue weighted by Crippen LogP contribution is 2.25. The van der Waals surface area contributed by atoms with E-state index in [1.165, 1.54) is 5.56 Å². The number of ether oxygens (including phenoxy) is 1. The minimum Gasteiger partial charge on any atom is -0.497 e. The van der Waals surface area contributed by atoms with Gasteiger partial charge in [0.15, 0.2) is 0 Å². The number of carbonyl (C=O) groups excluding carboxylic acids is 2. The zero-order chi connectivity index (χ0) is 23.9. The molecule has 1 saturated heterocycles. The Morgan fingerprint density at radius 2 is 1.79 bits per heavy atom. The average Bonchev–Trinajstić information content (AvgIpc) is 2.89. The first-order valence-corrected chi connectivity index (χ1v) is 12.0. The van der Waals surface area contributed by atoms with Crippen LogP contribution >= 0.6 is 15.9 Å². The fourth-order valence-corrected chi connectivity index (χ4v) is 4.29. The summed E-state index contributed by atoms with van der Waals surface area (Å²) in [6, 6.07) is 19.1. The maximum absolute atomic E-state index is 13.0. The normalized spacial score (nSPS) is 13.5. The van der Waals surface area contributed by atoms with Crippen molar-refractivity contribution in [3.05, 3.63) is 88.0 Å². The van der Waals surface area contributed by atoms with Crippen molar-refractivity contribution in [2.75, 3.05) is 44.7 Å². The van der Waals surface area contributed by atoms with Crippen molar-refractivity contribution in [1.82, 2.24) is 15.2 Å². The molecule has 8 heteroatoms. The lowest BCUT2D eigenvalue weighted by atomic mass is 10.1. The van der Waals surface area contributed by atoms with Crippen LogP contribution < -0.4 is 15.0 Å². The molecule has 3 aromatic rings. The maximum Gasteiger partial charge on any atom is 0.255 e. The molecule has 1 aromatic heterocycles. The van der Waals surface area contributed by atoms with Crippen molar-refractivity contribution in [3.8, 4) is 5.75 Å². The Morgan fingerprint density at radius 1 is 1.03 bits per heavy atom. The third-order valence-electron chi connectivity index (χ3n) is 5.85. The number of anilines is 1. The quantitative estimate of drug-likeness (QED) is 0.510. The van der Waals surface area contributed by atoms with Crippen molar-refractivity contribution in [1.29, 1.82) is 0 Å². The Hall–Kier alpha value is -3.39. The van der Waals surface area contributed by atoms with E-state index in [1.54, 1.807) is 25.4 Å². The maximum atomic E-state index is 13.0. The number of nitrogens with zero attached hydrogens (tertiary/aromatic N) is 3. The van der Waals surface area contributed by atoms with Crippen molar-refractivity contribution in [3.63, 3.8) is 0 Å². The summed E-state index contributed by atoms with van der Waals surface area (Å²) in [5.74, 6) is 1.30. The molecular weight excluding hydrogens is 496 g/mol. The van der Waals surface area contributed by atoms with Crippen LogP contribution in [-0.4, -0.2) is 61.5 Å². The van der Waals surface area contributed by atoms with Gasteiger partial charge in [0.25, 0.3) is 11.8 Å². The highest BCUT2D eigenvalue weighted by molar-refractivity contribution is 9.10. The minimum atomic E-state index is -0.130. The number of carbonyl (C=O) groups is 2. The van der Waals surface area contributed by atoms with Gasteiger partial charge in [0.2, 0.25) is 0 Å². The zero-order valence-electron chi connectivity index (χ0n) is 19.0. The van der Waals surface area contributed by atoms with Gasteiger partial charge in [0, 0.05) is 43.4 Å². The standard InChI is InChI=1S/C26H27BrN4O3/c1-34-21-8-9-23(27)22(17-21)26(33)31-15-13-30(14-16-31)24-10-7-20(18-29-24)25(32)28-12-11-19-5-3-2-4-6-19/h2-10,17-18H,11-16H2,1H3,(H,28,32). The van der Waals surface area contributed by atoms with E-state index in [0.717, 1.165) is 16.7 Å². The van der Waals surface area contributed by atoms with Crippen LogP contribution in [0.2, 0.25) is 0 Å². The van der Waals surface area contributed by atoms with E-state index in [-0.39, 0.29) is 11.8 Å². The van der Waals surface area contributed by atoms with Crippen LogP contribution in [0.5, 0.6) is 5.75 Å². The van der Waals surface area contributed by atoms with Crippen molar-refractivity contribution in [2.24, 2.45) is 0 Å². The summed E-state index contributed by atoms with van der Waals surface area (Å²) >= 11 is 3.47. The third-order valence-corrected chi connectivity index (χ3v) is 6.54. The van der Waals surface area contributed by atoms with Crippen LogP contribution in [0.3, 0.4) is 0 Å². The number of amides is 2. The van der Waals surface area contributed by atoms with E-state index in [9.17, 15) is 9.59 Å². The molecule has 7 nitrogen and oxygen atoms in total. The molecule has 4 rings (SSSR count). The molecule has 0 bridgehead atoms. The fraction of sp³-hybridized carbons (Fsp3) is 0.269. The van der Waals surface area contributed by atoms with Gasteiger partial charge in [-0.25, -0.2) is 4.98 Å². The van der Waals surface area contributed by atoms with Gasteiger partial charge in [-0.3, -0.25) is 9.59 Å². The minimum absolute atomic E-state index is 0.0269. The molecule has 1 aliphatic rings. The van der Waals surface area contributed by atoms with Crippen LogP contribution in [0.1, 0.15) is 26.3 Å². The van der Waals surface area contributed by atoms with Gasteiger partial charge in [-0.1, -0.05) is 30.3 Å². The molecule has 1 fully saturated rings. The predicted molar refractivity (Wildman–Crippen MR) is 136 cm³/mol. The Morgan fingerprint density at radius 3 is 2.47 bits per heavy atom. The van der Waals surface area contributed by atoms with Gasteiger partial charge < -0.3 is 19.9 Å². The van der Waals surface area contributed by atoms with Crippen LogP contribution in [0, 0.1) is 0 Å². The van der Waals surface area contributed by atoms with Gasteiger partial charge in [0.05, 0.1) is 18.2 Å². The van der Waals surface area contributed by atoms with E-state index in [1.807, 2.05) is 53.4 Å². The summed E-state index contributed by atoms with van der Waals surface area (Å²) in [7, 11) is 1.59. The van der Waals surface area contributed by atoms with E-state index in [2.05, 4.69) is 31.1 Å². The molecule has 2 amide bonds. The summed E-state index contributed by atoms with van der Waals surface area (Å²) in [5, 5.41) is 2.94. The first-order chi connectivity index (χ1) is 16.5. The highest BCUT2D eigenvalue weighted by atomic mass is 79.9. The third kappa shape index (κ3) is 5.75. The van der Waals surface area contributed by atoms with Crippen molar-refractivity contribution < 1.29 is 14.3 Å². The van der Waals surface area contributed by atoms with Gasteiger partial charge in [-0.2, -0.15) is 0 Å². The van der Waals surface area contributed by atoms with Crippen LogP contribution in [0.25, 0.3) is 0 Å². The lowest BCUT2D eigenvalue weighted by Gasteiger charge is -2.35. The SMILES string of the molecule is COc1ccc(Br)c(C(=O)N2CCN(c3ccc(C(=O)NCCc4ccccc4)cn3)CC2)c1. The second-order valence-electron chi connectivity index (χ2n) is 8.02. The van der Waals surface area contributed by atoms with Crippen LogP contribution in [-0.2, 0) is 6.42 Å². The lowest BCUT2D eigenvalue weighted by Crippen LogP contribution is -2.49.